The summed E-state index contributed by atoms with van der Waals surface area (Å²) in [6.45, 7) is 8.08. The molecule has 4 nitrogen and oxygen atoms in total. The van der Waals surface area contributed by atoms with Crippen molar-refractivity contribution < 1.29 is 19.8 Å². The Kier molecular flexibility index (Phi) is 35.4. The molecule has 0 saturated carbocycles. The molecule has 0 aromatic carbocycles. The highest BCUT2D eigenvalue weighted by molar-refractivity contribution is 5.85. The fourth-order valence-electron chi connectivity index (χ4n) is 4.93. The van der Waals surface area contributed by atoms with Gasteiger partial charge in [-0.25, -0.2) is 4.79 Å². The Hall–Kier alpha value is -1.32. The molecule has 0 spiro atoms. The quantitative estimate of drug-likeness (QED) is 0.0686. The van der Waals surface area contributed by atoms with E-state index in [0.29, 0.717) is 18.4 Å². The van der Waals surface area contributed by atoms with Crippen LogP contribution in [0.3, 0.4) is 0 Å². The van der Waals surface area contributed by atoms with E-state index in [-0.39, 0.29) is 0 Å². The normalized spacial score (nSPS) is 10.7. The number of hydrogen-bond acceptors (Lipinski definition) is 2. The molecule has 232 valence electrons. The van der Waals surface area contributed by atoms with Crippen LogP contribution in [0.25, 0.3) is 0 Å². The van der Waals surface area contributed by atoms with E-state index in [1.165, 1.54) is 148 Å². The number of carboxylic acids is 2. The zero-order chi connectivity index (χ0) is 29.2. The molecular weight excluding hydrogens is 484 g/mol. The van der Waals surface area contributed by atoms with E-state index in [0.717, 1.165) is 25.7 Å². The second-order valence-electron chi connectivity index (χ2n) is 11.6. The van der Waals surface area contributed by atoms with Crippen LogP contribution in [0, 0.1) is 0 Å². The first-order chi connectivity index (χ1) is 19.0. The molecule has 0 aliphatic heterocycles. The summed E-state index contributed by atoms with van der Waals surface area (Å²) < 4.78 is 0. The van der Waals surface area contributed by atoms with E-state index in [4.69, 9.17) is 10.2 Å². The second kappa shape index (κ2) is 34.7. The Morgan fingerprint density at radius 3 is 0.872 bits per heavy atom. The van der Waals surface area contributed by atoms with Crippen molar-refractivity contribution in [3.8, 4) is 0 Å². The third kappa shape index (κ3) is 38.9. The van der Waals surface area contributed by atoms with Crippen LogP contribution in [0.5, 0.6) is 0 Å². The maximum atomic E-state index is 10.6. The summed E-state index contributed by atoms with van der Waals surface area (Å²) in [6.07, 6.45) is 36.5. The van der Waals surface area contributed by atoms with Crippen LogP contribution in [0.15, 0.2) is 12.2 Å². The summed E-state index contributed by atoms with van der Waals surface area (Å²) in [5.41, 5.74) is 0.355. The van der Waals surface area contributed by atoms with Crippen molar-refractivity contribution in [3.05, 3.63) is 12.2 Å². The number of carbonyl (C=O) groups is 2. The largest absolute Gasteiger partial charge is 0.481 e. The fourth-order valence-corrected chi connectivity index (χ4v) is 4.93. The molecule has 0 aliphatic rings. The zero-order valence-corrected chi connectivity index (χ0v) is 26.4. The summed E-state index contributed by atoms with van der Waals surface area (Å²) >= 11 is 0. The minimum Gasteiger partial charge on any atom is -0.481 e. The SMILES string of the molecule is C=C(CCCCCCCCCCCCCCCC)C(=O)O.CCCCCCCCCCCCCCCC(=O)O. The van der Waals surface area contributed by atoms with Gasteiger partial charge in [0.05, 0.1) is 0 Å². The molecule has 2 N–H and O–H groups in total. The Bertz CT molecular complexity index is 529. The lowest BCUT2D eigenvalue weighted by atomic mass is 10.0. The van der Waals surface area contributed by atoms with Gasteiger partial charge in [-0.05, 0) is 19.3 Å². The Morgan fingerprint density at radius 2 is 0.641 bits per heavy atom. The van der Waals surface area contributed by atoms with Crippen molar-refractivity contribution in [2.45, 2.75) is 200 Å². The van der Waals surface area contributed by atoms with Crippen LogP contribution in [-0.2, 0) is 9.59 Å². The molecule has 0 heterocycles. The first-order valence-electron chi connectivity index (χ1n) is 17.1. The molecular formula is C35H68O4. The maximum Gasteiger partial charge on any atom is 0.330 e. The standard InChI is InChI=1S/C19H36O2.C16H32O2/c1-3-4-5-6-7-8-9-10-11-12-13-14-15-16-17-18(2)19(20)21;1-2-3-4-5-6-7-8-9-10-11-12-13-14-15-16(17)18/h2-17H2,1H3,(H,20,21);2-15H2,1H3,(H,17,18). The van der Waals surface area contributed by atoms with Gasteiger partial charge in [-0.1, -0.05) is 181 Å². The average Bonchev–Trinajstić information content (AvgIpc) is 2.91. The topological polar surface area (TPSA) is 74.6 Å². The van der Waals surface area contributed by atoms with Gasteiger partial charge in [-0.15, -0.1) is 0 Å². The van der Waals surface area contributed by atoms with Gasteiger partial charge in [0.25, 0.3) is 0 Å². The van der Waals surface area contributed by atoms with Crippen LogP contribution >= 0.6 is 0 Å². The van der Waals surface area contributed by atoms with Crippen molar-refractivity contribution >= 4 is 11.9 Å². The summed E-state index contributed by atoms with van der Waals surface area (Å²) in [6, 6.07) is 0. The Morgan fingerprint density at radius 1 is 0.410 bits per heavy atom. The molecule has 0 aromatic rings. The van der Waals surface area contributed by atoms with Crippen LogP contribution in [0.4, 0.5) is 0 Å². The van der Waals surface area contributed by atoms with Gasteiger partial charge in [-0.3, -0.25) is 4.79 Å². The van der Waals surface area contributed by atoms with Crippen LogP contribution in [-0.4, -0.2) is 22.2 Å². The van der Waals surface area contributed by atoms with E-state index >= 15 is 0 Å². The summed E-state index contributed by atoms with van der Waals surface area (Å²) in [7, 11) is 0. The molecule has 0 aliphatic carbocycles. The van der Waals surface area contributed by atoms with Gasteiger partial charge < -0.3 is 10.2 Å². The molecule has 0 fully saturated rings. The van der Waals surface area contributed by atoms with Crippen molar-refractivity contribution in [2.24, 2.45) is 0 Å². The smallest absolute Gasteiger partial charge is 0.330 e. The lowest BCUT2D eigenvalue weighted by Gasteiger charge is -2.03. The Balaban J connectivity index is 0. The van der Waals surface area contributed by atoms with Crippen LogP contribution in [0.1, 0.15) is 200 Å². The van der Waals surface area contributed by atoms with E-state index in [9.17, 15) is 9.59 Å². The summed E-state index contributed by atoms with van der Waals surface area (Å²) in [5, 5.41) is 17.2. The van der Waals surface area contributed by atoms with Crippen molar-refractivity contribution in [1.82, 2.24) is 0 Å². The van der Waals surface area contributed by atoms with Gasteiger partial charge >= 0.3 is 11.9 Å². The highest BCUT2D eigenvalue weighted by Crippen LogP contribution is 2.15. The predicted molar refractivity (Wildman–Crippen MR) is 170 cm³/mol. The number of aliphatic carboxylic acids is 2. The lowest BCUT2D eigenvalue weighted by Crippen LogP contribution is -1.98. The van der Waals surface area contributed by atoms with Gasteiger partial charge in [0.15, 0.2) is 0 Å². The molecule has 0 amide bonds. The second-order valence-corrected chi connectivity index (χ2v) is 11.6. The minimum atomic E-state index is -0.843. The minimum absolute atomic E-state index is 0.345. The lowest BCUT2D eigenvalue weighted by molar-refractivity contribution is -0.137. The van der Waals surface area contributed by atoms with E-state index in [1.807, 2.05) is 0 Å². The molecule has 0 rings (SSSR count). The van der Waals surface area contributed by atoms with Crippen molar-refractivity contribution in [1.29, 1.82) is 0 Å². The molecule has 0 saturated heterocycles. The van der Waals surface area contributed by atoms with Gasteiger partial charge in [0.2, 0.25) is 0 Å². The van der Waals surface area contributed by atoms with Crippen molar-refractivity contribution in [3.63, 3.8) is 0 Å². The monoisotopic (exact) mass is 553 g/mol. The average molecular weight is 553 g/mol. The molecule has 0 aromatic heterocycles. The van der Waals surface area contributed by atoms with Crippen LogP contribution < -0.4 is 0 Å². The zero-order valence-electron chi connectivity index (χ0n) is 26.4. The highest BCUT2D eigenvalue weighted by Gasteiger charge is 2.02. The molecule has 0 bridgehead atoms. The number of carboxylic acid groups (broad SMARTS) is 2. The van der Waals surface area contributed by atoms with Gasteiger partial charge in [-0.2, -0.15) is 0 Å². The maximum absolute atomic E-state index is 10.6. The first kappa shape index (κ1) is 39.8. The number of unbranched alkanes of at least 4 members (excludes halogenated alkanes) is 25. The van der Waals surface area contributed by atoms with Gasteiger partial charge in [0, 0.05) is 12.0 Å². The molecule has 0 radical (unpaired) electrons. The predicted octanol–water partition coefficient (Wildman–Crippen LogP) is 12.1. The molecule has 4 heteroatoms. The van der Waals surface area contributed by atoms with Crippen LogP contribution in [0.2, 0.25) is 0 Å². The fraction of sp³-hybridized carbons (Fsp3) is 0.886. The van der Waals surface area contributed by atoms with Crippen molar-refractivity contribution in [2.75, 3.05) is 0 Å². The van der Waals surface area contributed by atoms with E-state index < -0.39 is 11.9 Å². The van der Waals surface area contributed by atoms with E-state index in [1.54, 1.807) is 0 Å². The first-order valence-corrected chi connectivity index (χ1v) is 17.1. The molecule has 0 atom stereocenters. The third-order valence-corrected chi connectivity index (χ3v) is 7.63. The Labute approximate surface area is 243 Å². The number of hydrogen-bond donors (Lipinski definition) is 2. The molecule has 0 unspecified atom stereocenters. The third-order valence-electron chi connectivity index (χ3n) is 7.63. The van der Waals surface area contributed by atoms with Gasteiger partial charge in [0.1, 0.15) is 0 Å². The summed E-state index contributed by atoms with van der Waals surface area (Å²) in [4.78, 5) is 20.9. The highest BCUT2D eigenvalue weighted by atomic mass is 16.4. The number of rotatable bonds is 30. The molecule has 39 heavy (non-hydrogen) atoms. The summed E-state index contributed by atoms with van der Waals surface area (Å²) in [5.74, 6) is -1.50. The van der Waals surface area contributed by atoms with E-state index in [2.05, 4.69) is 20.4 Å².